The molecule has 0 N–H and O–H groups in total. The van der Waals surface area contributed by atoms with Crippen molar-refractivity contribution < 1.29 is 14.4 Å². The van der Waals surface area contributed by atoms with Gasteiger partial charge in [-0.2, -0.15) is 4.98 Å². The van der Waals surface area contributed by atoms with Crippen molar-refractivity contribution >= 4 is 11.6 Å². The minimum absolute atomic E-state index is 0.0350. The summed E-state index contributed by atoms with van der Waals surface area (Å²) in [4.78, 5) is 21.5. The van der Waals surface area contributed by atoms with Crippen LogP contribution in [0.25, 0.3) is 0 Å². The number of aryl methyl sites for hydroxylation is 2. The Balaban J connectivity index is 1.92. The topological polar surface area (TPSA) is 90.6 Å². The summed E-state index contributed by atoms with van der Waals surface area (Å²) in [7, 11) is 0. The van der Waals surface area contributed by atoms with Crippen LogP contribution in [0, 0.1) is 17.0 Å². The number of morpholine rings is 1. The lowest BCUT2D eigenvalue weighted by molar-refractivity contribution is -0.386. The van der Waals surface area contributed by atoms with Crippen molar-refractivity contribution in [1.82, 2.24) is 9.97 Å². The molecule has 1 saturated heterocycles. The Morgan fingerprint density at radius 1 is 1.23 bits per heavy atom. The quantitative estimate of drug-likeness (QED) is 0.578. The van der Waals surface area contributed by atoms with Gasteiger partial charge < -0.3 is 14.4 Å². The Kier molecular flexibility index (Phi) is 5.62. The van der Waals surface area contributed by atoms with Crippen LogP contribution in [-0.2, 0) is 11.2 Å². The van der Waals surface area contributed by atoms with Gasteiger partial charge in [-0.25, -0.2) is 4.98 Å². The summed E-state index contributed by atoms with van der Waals surface area (Å²) < 4.78 is 11.1. The number of anilines is 1. The molecule has 0 bridgehead atoms. The van der Waals surface area contributed by atoms with E-state index in [0.717, 1.165) is 12.8 Å². The summed E-state index contributed by atoms with van der Waals surface area (Å²) in [6.07, 6.45) is 2.04. The van der Waals surface area contributed by atoms with E-state index in [2.05, 4.69) is 16.9 Å². The fourth-order valence-corrected chi connectivity index (χ4v) is 2.84. The van der Waals surface area contributed by atoms with Gasteiger partial charge in [-0.15, -0.1) is 0 Å². The fourth-order valence-electron chi connectivity index (χ4n) is 2.84. The third-order valence-corrected chi connectivity index (χ3v) is 4.17. The van der Waals surface area contributed by atoms with Gasteiger partial charge in [-0.1, -0.05) is 25.5 Å². The van der Waals surface area contributed by atoms with Gasteiger partial charge in [-0.3, -0.25) is 10.1 Å². The third-order valence-electron chi connectivity index (χ3n) is 4.17. The molecule has 8 heteroatoms. The molecule has 0 amide bonds. The third kappa shape index (κ3) is 4.08. The van der Waals surface area contributed by atoms with Gasteiger partial charge in [-0.05, 0) is 31.0 Å². The molecule has 0 spiro atoms. The van der Waals surface area contributed by atoms with Crippen LogP contribution in [0.1, 0.15) is 24.6 Å². The second kappa shape index (κ2) is 8.09. The Morgan fingerprint density at radius 2 is 1.92 bits per heavy atom. The van der Waals surface area contributed by atoms with E-state index in [9.17, 15) is 10.1 Å². The molecule has 0 aliphatic carbocycles. The first-order chi connectivity index (χ1) is 12.6. The van der Waals surface area contributed by atoms with Crippen molar-refractivity contribution in [2.45, 2.75) is 26.7 Å². The van der Waals surface area contributed by atoms with Crippen molar-refractivity contribution in [3.8, 4) is 11.6 Å². The number of nitro groups is 1. The van der Waals surface area contributed by atoms with Crippen molar-refractivity contribution in [2.75, 3.05) is 31.2 Å². The Labute approximate surface area is 151 Å². The predicted molar refractivity (Wildman–Crippen MR) is 97.0 cm³/mol. The van der Waals surface area contributed by atoms with E-state index in [1.54, 1.807) is 19.1 Å². The highest BCUT2D eigenvalue weighted by atomic mass is 16.6. The molecular formula is C18H22N4O4. The molecule has 3 rings (SSSR count). The lowest BCUT2D eigenvalue weighted by atomic mass is 10.1. The number of benzene rings is 1. The molecule has 8 nitrogen and oxygen atoms in total. The normalized spacial score (nSPS) is 14.3. The highest BCUT2D eigenvalue weighted by Crippen LogP contribution is 2.33. The molecule has 2 heterocycles. The summed E-state index contributed by atoms with van der Waals surface area (Å²) in [6, 6.07) is 7.53. The van der Waals surface area contributed by atoms with E-state index in [-0.39, 0.29) is 17.3 Å². The van der Waals surface area contributed by atoms with Crippen LogP contribution in [0.15, 0.2) is 24.3 Å². The minimum atomic E-state index is -0.501. The highest BCUT2D eigenvalue weighted by molar-refractivity contribution is 5.51. The molecule has 0 unspecified atom stereocenters. The molecule has 1 aliphatic heterocycles. The maximum absolute atomic E-state index is 11.5. The van der Waals surface area contributed by atoms with E-state index >= 15 is 0 Å². The number of aromatic nitrogens is 2. The number of nitrogens with zero attached hydrogens (tertiary/aromatic N) is 4. The smallest absolute Gasteiger partial charge is 0.352 e. The summed E-state index contributed by atoms with van der Waals surface area (Å²) in [6.45, 7) is 6.15. The molecule has 0 radical (unpaired) electrons. The first kappa shape index (κ1) is 18.1. The zero-order valence-corrected chi connectivity index (χ0v) is 15.0. The number of ether oxygens (including phenoxy) is 2. The van der Waals surface area contributed by atoms with Gasteiger partial charge in [0.2, 0.25) is 5.95 Å². The molecule has 1 aromatic carbocycles. The van der Waals surface area contributed by atoms with Crippen molar-refractivity contribution in [3.05, 3.63) is 45.6 Å². The lowest BCUT2D eigenvalue weighted by Crippen LogP contribution is -2.37. The second-order valence-corrected chi connectivity index (χ2v) is 6.12. The molecule has 1 aromatic heterocycles. The largest absolute Gasteiger partial charge is 0.434 e. The SMILES string of the molecule is CCCc1ccc(Oc2nc(N3CCOCC3)nc(C)c2[N+](=O)[O-])cc1. The van der Waals surface area contributed by atoms with Crippen LogP contribution in [-0.4, -0.2) is 41.2 Å². The molecule has 138 valence electrons. The maximum atomic E-state index is 11.5. The van der Waals surface area contributed by atoms with Gasteiger partial charge >= 0.3 is 11.6 Å². The van der Waals surface area contributed by atoms with E-state index in [1.807, 2.05) is 17.0 Å². The van der Waals surface area contributed by atoms with Crippen molar-refractivity contribution in [1.29, 1.82) is 0 Å². The highest BCUT2D eigenvalue weighted by Gasteiger charge is 2.26. The summed E-state index contributed by atoms with van der Waals surface area (Å²) in [5.41, 5.74) is 1.27. The Bertz CT molecular complexity index is 774. The first-order valence-corrected chi connectivity index (χ1v) is 8.71. The molecule has 1 fully saturated rings. The molecule has 1 aliphatic rings. The first-order valence-electron chi connectivity index (χ1n) is 8.71. The van der Waals surface area contributed by atoms with Crippen LogP contribution in [0.3, 0.4) is 0 Å². The van der Waals surface area contributed by atoms with E-state index in [0.29, 0.717) is 38.0 Å². The van der Waals surface area contributed by atoms with Crippen LogP contribution >= 0.6 is 0 Å². The van der Waals surface area contributed by atoms with Gasteiger partial charge in [0.25, 0.3) is 0 Å². The van der Waals surface area contributed by atoms with E-state index in [1.165, 1.54) is 5.56 Å². The second-order valence-electron chi connectivity index (χ2n) is 6.12. The van der Waals surface area contributed by atoms with Crippen LogP contribution < -0.4 is 9.64 Å². The van der Waals surface area contributed by atoms with Crippen LogP contribution in [0.5, 0.6) is 11.6 Å². The van der Waals surface area contributed by atoms with Gasteiger partial charge in [0.1, 0.15) is 11.4 Å². The predicted octanol–water partition coefficient (Wildman–Crippen LogP) is 3.27. The average Bonchev–Trinajstić information content (AvgIpc) is 2.63. The van der Waals surface area contributed by atoms with E-state index in [4.69, 9.17) is 9.47 Å². The van der Waals surface area contributed by atoms with Crippen molar-refractivity contribution in [2.24, 2.45) is 0 Å². The Morgan fingerprint density at radius 3 is 2.54 bits per heavy atom. The molecule has 0 atom stereocenters. The Hall–Kier alpha value is -2.74. The summed E-state index contributed by atoms with van der Waals surface area (Å²) in [5.74, 6) is 0.903. The zero-order valence-electron chi connectivity index (χ0n) is 15.0. The van der Waals surface area contributed by atoms with Gasteiger partial charge in [0.05, 0.1) is 18.1 Å². The molecule has 2 aromatic rings. The molecule has 0 saturated carbocycles. The van der Waals surface area contributed by atoms with Crippen LogP contribution in [0.4, 0.5) is 11.6 Å². The molecular weight excluding hydrogens is 336 g/mol. The van der Waals surface area contributed by atoms with Gasteiger partial charge in [0.15, 0.2) is 0 Å². The minimum Gasteiger partial charge on any atom is -0.434 e. The standard InChI is InChI=1S/C18H22N4O4/c1-3-4-14-5-7-15(8-6-14)26-17-16(22(23)24)13(2)19-18(20-17)21-9-11-25-12-10-21/h5-8H,3-4,9-12H2,1-2H3. The van der Waals surface area contributed by atoms with Crippen molar-refractivity contribution in [3.63, 3.8) is 0 Å². The lowest BCUT2D eigenvalue weighted by Gasteiger charge is -2.27. The number of rotatable bonds is 6. The summed E-state index contributed by atoms with van der Waals surface area (Å²) in [5, 5.41) is 11.5. The van der Waals surface area contributed by atoms with Crippen LogP contribution in [0.2, 0.25) is 0 Å². The zero-order chi connectivity index (χ0) is 18.5. The van der Waals surface area contributed by atoms with E-state index < -0.39 is 4.92 Å². The molecule has 26 heavy (non-hydrogen) atoms. The van der Waals surface area contributed by atoms with Gasteiger partial charge in [0, 0.05) is 13.1 Å². The summed E-state index contributed by atoms with van der Waals surface area (Å²) >= 11 is 0. The average molecular weight is 358 g/mol. The number of hydrogen-bond donors (Lipinski definition) is 0. The monoisotopic (exact) mass is 358 g/mol. The number of hydrogen-bond acceptors (Lipinski definition) is 7. The fraction of sp³-hybridized carbons (Fsp3) is 0.444. The maximum Gasteiger partial charge on any atom is 0.352 e.